The Bertz CT molecular complexity index is 375. The van der Waals surface area contributed by atoms with Crippen LogP contribution in [-0.4, -0.2) is 24.2 Å². The van der Waals surface area contributed by atoms with E-state index in [0.717, 1.165) is 0 Å². The van der Waals surface area contributed by atoms with E-state index in [2.05, 4.69) is 0 Å². The molecule has 0 radical (unpaired) electrons. The van der Waals surface area contributed by atoms with E-state index in [9.17, 15) is 8.78 Å². The number of hydrogen-bond acceptors (Lipinski definition) is 2. The van der Waals surface area contributed by atoms with E-state index in [1.165, 1.54) is 0 Å². The van der Waals surface area contributed by atoms with E-state index >= 15 is 0 Å². The van der Waals surface area contributed by atoms with Crippen molar-refractivity contribution in [1.82, 2.24) is 0 Å². The van der Waals surface area contributed by atoms with Crippen LogP contribution in [0.2, 0.25) is 0 Å². The lowest BCUT2D eigenvalue weighted by molar-refractivity contribution is 0.0673. The van der Waals surface area contributed by atoms with Crippen LogP contribution in [0, 0.1) is 0 Å². The molecule has 1 atom stereocenters. The fourth-order valence-corrected chi connectivity index (χ4v) is 1.95. The maximum atomic E-state index is 13.2. The second-order valence-corrected chi connectivity index (χ2v) is 4.08. The van der Waals surface area contributed by atoms with Gasteiger partial charge in [0.1, 0.15) is 5.75 Å². The average molecular weight is 228 g/mol. The lowest BCUT2D eigenvalue weighted by Gasteiger charge is -2.14. The summed E-state index contributed by atoms with van der Waals surface area (Å²) in [4.78, 5) is 0. The van der Waals surface area contributed by atoms with E-state index < -0.39 is 17.9 Å². The molecule has 1 N–H and O–H groups in total. The summed E-state index contributed by atoms with van der Waals surface area (Å²) >= 11 is 0. The second kappa shape index (κ2) is 3.70. The Balaban J connectivity index is 2.22. The van der Waals surface area contributed by atoms with Crippen LogP contribution in [0.15, 0.2) is 24.3 Å². The molecule has 16 heavy (non-hydrogen) atoms. The van der Waals surface area contributed by atoms with Crippen LogP contribution in [0.4, 0.5) is 8.78 Å². The Morgan fingerprint density at radius 2 is 1.88 bits per heavy atom. The van der Waals surface area contributed by atoms with Crippen LogP contribution in [0.25, 0.3) is 0 Å². The van der Waals surface area contributed by atoms with E-state index in [-0.39, 0.29) is 6.42 Å². The summed E-state index contributed by atoms with van der Waals surface area (Å²) in [6, 6.07) is 6.51. The Hall–Kier alpha value is -1.16. The zero-order chi connectivity index (χ0) is 11.8. The first kappa shape index (κ1) is 11.3. The van der Waals surface area contributed by atoms with Gasteiger partial charge in [0.05, 0.1) is 18.6 Å². The SMILES string of the molecule is CCOc1ccc(C2(CO)CC2(F)F)cc1. The summed E-state index contributed by atoms with van der Waals surface area (Å²) in [7, 11) is 0. The maximum absolute atomic E-state index is 13.2. The van der Waals surface area contributed by atoms with Gasteiger partial charge in [-0.05, 0) is 24.6 Å². The largest absolute Gasteiger partial charge is 0.494 e. The van der Waals surface area contributed by atoms with Gasteiger partial charge >= 0.3 is 0 Å². The molecule has 0 aliphatic heterocycles. The smallest absolute Gasteiger partial charge is 0.261 e. The molecule has 88 valence electrons. The summed E-state index contributed by atoms with van der Waals surface area (Å²) in [5.41, 5.74) is -0.888. The molecule has 0 spiro atoms. The number of rotatable bonds is 4. The molecule has 0 bridgehead atoms. The Morgan fingerprint density at radius 3 is 2.25 bits per heavy atom. The van der Waals surface area contributed by atoms with Gasteiger partial charge in [0.2, 0.25) is 0 Å². The summed E-state index contributed by atoms with van der Waals surface area (Å²) in [6.07, 6.45) is -0.273. The van der Waals surface area contributed by atoms with Crippen LogP contribution in [0.3, 0.4) is 0 Å². The minimum atomic E-state index is -2.78. The summed E-state index contributed by atoms with van der Waals surface area (Å²) in [6.45, 7) is 1.88. The fraction of sp³-hybridized carbons (Fsp3) is 0.500. The lowest BCUT2D eigenvalue weighted by atomic mass is 9.96. The highest BCUT2D eigenvalue weighted by Crippen LogP contribution is 2.61. The van der Waals surface area contributed by atoms with Gasteiger partial charge < -0.3 is 9.84 Å². The first-order valence-electron chi connectivity index (χ1n) is 5.28. The molecule has 2 nitrogen and oxygen atoms in total. The molecule has 1 aliphatic carbocycles. The predicted molar refractivity (Wildman–Crippen MR) is 55.9 cm³/mol. The molecule has 0 saturated heterocycles. The minimum Gasteiger partial charge on any atom is -0.494 e. The first-order chi connectivity index (χ1) is 7.55. The third-order valence-electron chi connectivity index (χ3n) is 3.09. The summed E-state index contributed by atoms with van der Waals surface area (Å²) in [5, 5.41) is 9.11. The normalized spacial score (nSPS) is 26.5. The van der Waals surface area contributed by atoms with Crippen molar-refractivity contribution < 1.29 is 18.6 Å². The predicted octanol–water partition coefficient (Wildman–Crippen LogP) is 2.35. The molecule has 1 fully saturated rings. The van der Waals surface area contributed by atoms with Gasteiger partial charge in [-0.25, -0.2) is 8.78 Å². The topological polar surface area (TPSA) is 29.5 Å². The van der Waals surface area contributed by atoms with Gasteiger partial charge in [-0.15, -0.1) is 0 Å². The van der Waals surface area contributed by atoms with Crippen molar-refractivity contribution in [2.45, 2.75) is 24.7 Å². The molecule has 0 heterocycles. The monoisotopic (exact) mass is 228 g/mol. The molecular formula is C12H14F2O2. The Labute approximate surface area is 92.9 Å². The third kappa shape index (κ3) is 1.57. The highest BCUT2D eigenvalue weighted by Gasteiger charge is 2.71. The summed E-state index contributed by atoms with van der Waals surface area (Å²) < 4.78 is 31.6. The van der Waals surface area contributed by atoms with E-state index in [1.54, 1.807) is 24.3 Å². The second-order valence-electron chi connectivity index (χ2n) is 4.08. The number of aliphatic hydroxyl groups is 1. The Morgan fingerprint density at radius 1 is 1.31 bits per heavy atom. The number of halogens is 2. The van der Waals surface area contributed by atoms with Crippen LogP contribution in [-0.2, 0) is 5.41 Å². The highest BCUT2D eigenvalue weighted by atomic mass is 19.3. The Kier molecular flexibility index (Phi) is 2.62. The highest BCUT2D eigenvalue weighted by molar-refractivity contribution is 5.40. The van der Waals surface area contributed by atoms with Crippen LogP contribution in [0.5, 0.6) is 5.75 Å². The molecule has 0 aromatic heterocycles. The van der Waals surface area contributed by atoms with Crippen molar-refractivity contribution in [2.75, 3.05) is 13.2 Å². The molecule has 0 amide bonds. The fourth-order valence-electron chi connectivity index (χ4n) is 1.95. The molecular weight excluding hydrogens is 214 g/mol. The molecule has 1 aliphatic rings. The lowest BCUT2D eigenvalue weighted by Crippen LogP contribution is -2.20. The van der Waals surface area contributed by atoms with Gasteiger partial charge in [-0.1, -0.05) is 12.1 Å². The molecule has 2 rings (SSSR count). The van der Waals surface area contributed by atoms with Crippen molar-refractivity contribution >= 4 is 0 Å². The molecule has 4 heteroatoms. The van der Waals surface area contributed by atoms with Crippen LogP contribution >= 0.6 is 0 Å². The number of hydrogen-bond donors (Lipinski definition) is 1. The van der Waals surface area contributed by atoms with Gasteiger partial charge in [0, 0.05) is 6.42 Å². The molecule has 1 unspecified atom stereocenters. The van der Waals surface area contributed by atoms with Gasteiger partial charge in [-0.3, -0.25) is 0 Å². The average Bonchev–Trinajstić information content (AvgIpc) is 2.84. The zero-order valence-corrected chi connectivity index (χ0v) is 9.04. The van der Waals surface area contributed by atoms with Crippen molar-refractivity contribution in [3.63, 3.8) is 0 Å². The van der Waals surface area contributed by atoms with Crippen molar-refractivity contribution in [2.24, 2.45) is 0 Å². The van der Waals surface area contributed by atoms with Crippen molar-refractivity contribution in [3.8, 4) is 5.75 Å². The van der Waals surface area contributed by atoms with Gasteiger partial charge in [0.15, 0.2) is 0 Å². The third-order valence-corrected chi connectivity index (χ3v) is 3.09. The minimum absolute atomic E-state index is 0.273. The number of ether oxygens (including phenoxy) is 1. The standard InChI is InChI=1S/C12H14F2O2/c1-2-16-10-5-3-9(4-6-10)11(8-15)7-12(11,13)14/h3-6,15H,2,7-8H2,1H3. The van der Waals surface area contributed by atoms with E-state index in [0.29, 0.717) is 17.9 Å². The first-order valence-corrected chi connectivity index (χ1v) is 5.28. The van der Waals surface area contributed by atoms with Crippen LogP contribution < -0.4 is 4.74 Å². The molecule has 1 aromatic carbocycles. The van der Waals surface area contributed by atoms with Crippen molar-refractivity contribution in [1.29, 1.82) is 0 Å². The van der Waals surface area contributed by atoms with Gasteiger partial charge in [0.25, 0.3) is 5.92 Å². The summed E-state index contributed by atoms with van der Waals surface area (Å²) in [5.74, 6) is -2.13. The quantitative estimate of drug-likeness (QED) is 0.857. The number of aliphatic hydroxyl groups excluding tert-OH is 1. The number of alkyl halides is 2. The van der Waals surface area contributed by atoms with E-state index in [4.69, 9.17) is 9.84 Å². The van der Waals surface area contributed by atoms with Crippen molar-refractivity contribution in [3.05, 3.63) is 29.8 Å². The van der Waals surface area contributed by atoms with Crippen LogP contribution in [0.1, 0.15) is 18.9 Å². The maximum Gasteiger partial charge on any atom is 0.261 e. The van der Waals surface area contributed by atoms with Gasteiger partial charge in [-0.2, -0.15) is 0 Å². The zero-order valence-electron chi connectivity index (χ0n) is 9.04. The molecule has 1 aromatic rings. The number of benzene rings is 1. The molecule has 1 saturated carbocycles. The van der Waals surface area contributed by atoms with E-state index in [1.807, 2.05) is 6.92 Å².